The van der Waals surface area contributed by atoms with Crippen LogP contribution in [0.5, 0.6) is 0 Å². The van der Waals surface area contributed by atoms with Gasteiger partial charge in [0.1, 0.15) is 0 Å². The number of hydrogen-bond donors (Lipinski definition) is 0. The van der Waals surface area contributed by atoms with Crippen molar-refractivity contribution in [3.05, 3.63) is 0 Å². The van der Waals surface area contributed by atoms with E-state index in [1.54, 1.807) is 0 Å². The molecule has 0 aliphatic carbocycles. The van der Waals surface area contributed by atoms with Crippen molar-refractivity contribution >= 4 is 26.2 Å². The third kappa shape index (κ3) is 24.5. The molecule has 0 saturated heterocycles. The number of rotatable bonds is 0. The molecule has 0 heterocycles. The van der Waals surface area contributed by atoms with Crippen LogP contribution in [0, 0.1) is 0 Å². The predicted octanol–water partition coefficient (Wildman–Crippen LogP) is -1.20. The molecule has 0 bridgehead atoms. The van der Waals surface area contributed by atoms with Crippen molar-refractivity contribution in [2.75, 3.05) is 0 Å². The SMILES string of the molecule is [BiH3].[Cd].[Fe][Ni][Co].[Mo]. The van der Waals surface area contributed by atoms with E-state index in [0.717, 1.165) is 10.9 Å². The molecule has 6 heavy (non-hydrogen) atoms. The van der Waals surface area contributed by atoms with Crippen LogP contribution in [0.15, 0.2) is 0 Å². The molecule has 0 atom stereocenters. The van der Waals surface area contributed by atoms with Crippen LogP contribution in [0.3, 0.4) is 0 Å². The first-order valence-electron chi connectivity index (χ1n) is 0.217. The summed E-state index contributed by atoms with van der Waals surface area (Å²) in [5, 5.41) is 0. The Kier molecular flexibility index (Phi) is 86.3. The Balaban J connectivity index is -0.00000000667. The van der Waals surface area contributed by atoms with E-state index in [1.807, 2.05) is 0 Å². The summed E-state index contributed by atoms with van der Waals surface area (Å²) in [7, 11) is 1.06. The molecule has 0 aromatic heterocycles. The quantitative estimate of drug-likeness (QED) is 0.310. The van der Waals surface area contributed by atoms with Gasteiger partial charge in [0.25, 0.3) is 0 Å². The molecule has 0 amide bonds. The molecule has 0 rings (SSSR count). The van der Waals surface area contributed by atoms with E-state index < -0.39 is 0 Å². The molecule has 0 N–H and O–H groups in total. The van der Waals surface area contributed by atoms with Crippen molar-refractivity contribution in [3.63, 3.8) is 0 Å². The number of hydrogen-bond acceptors (Lipinski definition) is 0. The van der Waals surface area contributed by atoms with Gasteiger partial charge in [-0.3, -0.25) is 0 Å². The normalized spacial score (nSPS) is 3.83. The van der Waals surface area contributed by atoms with Crippen LogP contribution in [0.1, 0.15) is 0 Å². The standard InChI is InChI=1S/Bi.Cd.Co.Fe.Mo.Ni.3H. The van der Waals surface area contributed by atoms with Crippen molar-refractivity contribution < 1.29 is 87.6 Å². The Morgan fingerprint density at radius 3 is 1.50 bits per heavy atom. The average molecular weight is 594 g/mol. The minimum absolute atomic E-state index is 0. The van der Waals surface area contributed by atoms with Crippen LogP contribution in [-0.2, 0) is 87.6 Å². The van der Waals surface area contributed by atoms with Crippen molar-refractivity contribution in [1.29, 1.82) is 0 Å². The van der Waals surface area contributed by atoms with Crippen LogP contribution in [0.4, 0.5) is 0 Å². The Morgan fingerprint density at radius 1 is 1.50 bits per heavy atom. The van der Waals surface area contributed by atoms with Gasteiger partial charge in [0.2, 0.25) is 0 Å². The molecular formula is H3BiCdCoFeMoNi. The summed E-state index contributed by atoms with van der Waals surface area (Å²) >= 11 is 6.94. The Bertz CT molecular complexity index is 15.5. The minimum Gasteiger partial charge on any atom is 0 e. The summed E-state index contributed by atoms with van der Waals surface area (Å²) < 4.78 is 0. The first-order chi connectivity index (χ1) is 1.41. The molecule has 0 unspecified atom stereocenters. The second-order valence-corrected chi connectivity index (χ2v) is 2.61. The first-order valence-corrected chi connectivity index (χ1v) is 3.69. The van der Waals surface area contributed by atoms with Gasteiger partial charge in [0, 0.05) is 48.4 Å². The van der Waals surface area contributed by atoms with Crippen molar-refractivity contribution in [1.82, 2.24) is 0 Å². The maximum absolute atomic E-state index is 3.65. The zero-order chi connectivity index (χ0) is 2.71. The van der Waals surface area contributed by atoms with E-state index in [1.165, 1.54) is 0 Å². The third-order valence-corrected chi connectivity index (χ3v) is 0. The maximum atomic E-state index is 3.65. The Hall–Kier alpha value is 4.01. The summed E-state index contributed by atoms with van der Waals surface area (Å²) in [6.07, 6.45) is 0. The molecule has 0 aliphatic rings. The monoisotopic (exact) mass is 597 g/mol. The fraction of sp³-hybridized carbons (Fsp3) is 0. The Morgan fingerprint density at radius 2 is 1.50 bits per heavy atom. The van der Waals surface area contributed by atoms with Crippen LogP contribution in [0.2, 0.25) is 0 Å². The van der Waals surface area contributed by atoms with Gasteiger partial charge in [-0.15, -0.1) is 0 Å². The van der Waals surface area contributed by atoms with Gasteiger partial charge in [-0.05, 0) is 0 Å². The average Bonchev–Trinajstić information content (AvgIpc) is 0.918. The van der Waals surface area contributed by atoms with E-state index >= 15 is 0 Å². The van der Waals surface area contributed by atoms with Gasteiger partial charge in [-0.25, -0.2) is 0 Å². The molecule has 43 valence electrons. The fourth-order valence-corrected chi connectivity index (χ4v) is 0. The molecule has 0 radical (unpaired) electrons. The minimum atomic E-state index is 0. The molecule has 0 saturated carbocycles. The molecule has 0 fully saturated rings. The summed E-state index contributed by atoms with van der Waals surface area (Å²) in [4.78, 5) is 0. The van der Waals surface area contributed by atoms with E-state index in [4.69, 9.17) is 0 Å². The summed E-state index contributed by atoms with van der Waals surface area (Å²) in [6.45, 7) is 0. The zero-order valence-electron chi connectivity index (χ0n) is 2.83. The smallest absolute Gasteiger partial charge is 0 e. The van der Waals surface area contributed by atoms with E-state index in [0.29, 0.717) is 0 Å². The van der Waals surface area contributed by atoms with Gasteiger partial charge in [-0.2, -0.15) is 0 Å². The topological polar surface area (TPSA) is 0 Å². The van der Waals surface area contributed by atoms with Gasteiger partial charge in [0.05, 0.1) is 0 Å². The van der Waals surface area contributed by atoms with Gasteiger partial charge in [-0.1, -0.05) is 0 Å². The Labute approximate surface area is 111 Å². The van der Waals surface area contributed by atoms with Crippen molar-refractivity contribution in [2.24, 2.45) is 0 Å². The molecule has 0 aromatic carbocycles. The van der Waals surface area contributed by atoms with Crippen LogP contribution in [-0.4, -0.2) is 26.2 Å². The molecule has 6 heteroatoms. The summed E-state index contributed by atoms with van der Waals surface area (Å²) in [5.74, 6) is 0. The molecule has 0 aliphatic heterocycles. The van der Waals surface area contributed by atoms with Crippen LogP contribution in [0.25, 0.3) is 0 Å². The summed E-state index contributed by atoms with van der Waals surface area (Å²) in [5.41, 5.74) is 0. The molecule has 0 aromatic rings. The molecule has 0 spiro atoms. The van der Waals surface area contributed by atoms with Gasteiger partial charge < -0.3 is 0 Å². The zero-order valence-corrected chi connectivity index (χ0v) is 17.5. The third-order valence-electron chi connectivity index (χ3n) is 0. The summed E-state index contributed by atoms with van der Waals surface area (Å²) in [6, 6.07) is 0. The molecule has 0 nitrogen and oxygen atoms in total. The van der Waals surface area contributed by atoms with Crippen LogP contribution < -0.4 is 0 Å². The van der Waals surface area contributed by atoms with E-state index in [2.05, 4.69) is 28.3 Å². The van der Waals surface area contributed by atoms with Gasteiger partial charge >= 0.3 is 65.5 Å². The van der Waals surface area contributed by atoms with Crippen molar-refractivity contribution in [3.8, 4) is 0 Å². The largest absolute Gasteiger partial charge is 0 e. The predicted molar refractivity (Wildman–Crippen MR) is 9.94 cm³/mol. The van der Waals surface area contributed by atoms with Crippen molar-refractivity contribution in [2.45, 2.75) is 0 Å². The first kappa shape index (κ1) is 22.5. The van der Waals surface area contributed by atoms with E-state index in [9.17, 15) is 0 Å². The maximum Gasteiger partial charge on any atom is 0 e. The fourth-order valence-electron chi connectivity index (χ4n) is 0. The van der Waals surface area contributed by atoms with Crippen LogP contribution >= 0.6 is 0 Å². The molecular weight excluding hydrogens is 591 g/mol. The van der Waals surface area contributed by atoms with Gasteiger partial charge in [0.15, 0.2) is 0 Å². The van der Waals surface area contributed by atoms with E-state index in [-0.39, 0.29) is 74.6 Å². The second-order valence-electron chi connectivity index (χ2n) is 0.0373. The second kappa shape index (κ2) is 23.0.